The van der Waals surface area contributed by atoms with Crippen LogP contribution in [0.5, 0.6) is 0 Å². The van der Waals surface area contributed by atoms with Crippen LogP contribution in [-0.2, 0) is 17.0 Å². The van der Waals surface area contributed by atoms with Crippen LogP contribution in [0.4, 0.5) is 0 Å². The van der Waals surface area contributed by atoms with Crippen LogP contribution in [0.3, 0.4) is 0 Å². The van der Waals surface area contributed by atoms with E-state index in [9.17, 15) is 0 Å². The molecule has 4 atom stereocenters. The van der Waals surface area contributed by atoms with Crippen LogP contribution in [0.25, 0.3) is 0 Å². The Morgan fingerprint density at radius 2 is 0.968 bits per heavy atom. The fourth-order valence-corrected chi connectivity index (χ4v) is 8.38. The Labute approximate surface area is 210 Å². The predicted molar refractivity (Wildman–Crippen MR) is 129 cm³/mol. The molecule has 4 unspecified atom stereocenters. The van der Waals surface area contributed by atoms with E-state index < -0.39 is 17.0 Å². The van der Waals surface area contributed by atoms with Crippen LogP contribution >= 0.6 is 18.6 Å². The van der Waals surface area contributed by atoms with Gasteiger partial charge in [0.05, 0.1) is 0 Å². The first kappa shape index (κ1) is 25.4. The third-order valence-corrected chi connectivity index (χ3v) is 10.1. The van der Waals surface area contributed by atoms with Gasteiger partial charge in [-0.1, -0.05) is 55.4 Å². The zero-order chi connectivity index (χ0) is 23.0. The molecule has 0 amide bonds. The van der Waals surface area contributed by atoms with Crippen molar-refractivity contribution in [3.63, 3.8) is 0 Å². The number of halogens is 2. The van der Waals surface area contributed by atoms with E-state index in [0.29, 0.717) is 21.7 Å². The molecule has 0 aromatic carbocycles. The van der Waals surface area contributed by atoms with Gasteiger partial charge in [0.1, 0.15) is 0 Å². The molecule has 4 bridgehead atoms. The molecule has 10 radical (unpaired) electrons. The van der Waals surface area contributed by atoms with Gasteiger partial charge in [0, 0.05) is 0 Å². The summed E-state index contributed by atoms with van der Waals surface area (Å²) in [6.45, 7) is 19.5. The summed E-state index contributed by atoms with van der Waals surface area (Å²) in [6, 6.07) is 0. The Bertz CT molecular complexity index is 602. The maximum absolute atomic E-state index is 4.89. The molecule has 8 aliphatic carbocycles. The Morgan fingerprint density at radius 3 is 1.26 bits per heavy atom. The summed E-state index contributed by atoms with van der Waals surface area (Å²) in [7, 11) is 9.78. The normalized spacial score (nSPS) is 40.7. The second kappa shape index (κ2) is 8.45. The Hall–Kier alpha value is 1.29. The molecule has 0 nitrogen and oxygen atoms in total. The second-order valence-electron chi connectivity index (χ2n) is 12.6. The van der Waals surface area contributed by atoms with E-state index >= 15 is 0 Å². The first-order valence-corrected chi connectivity index (χ1v) is 16.1. The average molecular weight is 493 g/mol. The summed E-state index contributed by atoms with van der Waals surface area (Å²) in [6.07, 6.45) is 16.7. The van der Waals surface area contributed by atoms with Crippen molar-refractivity contribution in [1.82, 2.24) is 0 Å². The molecule has 0 heterocycles. The topological polar surface area (TPSA) is 0 Å². The van der Waals surface area contributed by atoms with Gasteiger partial charge < -0.3 is 0 Å². The van der Waals surface area contributed by atoms with E-state index in [1.807, 2.05) is 0 Å². The Kier molecular flexibility index (Phi) is 6.92. The van der Waals surface area contributed by atoms with Gasteiger partial charge in [-0.25, -0.2) is 0 Å². The van der Waals surface area contributed by atoms with Crippen LogP contribution in [0, 0.1) is 108 Å². The van der Waals surface area contributed by atoms with Crippen molar-refractivity contribution < 1.29 is 17.0 Å². The maximum atomic E-state index is 4.89. The Morgan fingerprint density at radius 1 is 0.645 bits per heavy atom. The molecule has 3 heteroatoms. The van der Waals surface area contributed by atoms with Crippen LogP contribution in [0.15, 0.2) is 0 Å². The van der Waals surface area contributed by atoms with Gasteiger partial charge in [0.25, 0.3) is 0 Å². The van der Waals surface area contributed by atoms with Crippen molar-refractivity contribution in [2.45, 2.75) is 68.2 Å². The Balaban J connectivity index is 0.000000133. The molecular weight excluding hydrogens is 455 g/mol. The van der Waals surface area contributed by atoms with Gasteiger partial charge in [-0.2, -0.15) is 0 Å². The zero-order valence-electron chi connectivity index (χ0n) is 20.4. The fourth-order valence-electron chi connectivity index (χ4n) is 8.38. The van der Waals surface area contributed by atoms with Gasteiger partial charge in [-0.3, -0.25) is 0 Å². The van der Waals surface area contributed by atoms with Crippen molar-refractivity contribution in [2.24, 2.45) is 45.3 Å². The van der Waals surface area contributed by atoms with Crippen molar-refractivity contribution in [3.8, 4) is 0 Å². The molecule has 31 heavy (non-hydrogen) atoms. The summed E-state index contributed by atoms with van der Waals surface area (Å²) in [4.78, 5) is 0. The monoisotopic (exact) mass is 492 g/mol. The van der Waals surface area contributed by atoms with Gasteiger partial charge in [0.2, 0.25) is 0 Å². The molecule has 0 aromatic rings. The summed E-state index contributed by atoms with van der Waals surface area (Å²) in [5.74, 6) is 9.97. The average Bonchev–Trinajstić information content (AvgIpc) is 3.31. The van der Waals surface area contributed by atoms with Gasteiger partial charge in [0.15, 0.2) is 0 Å². The SMILES string of the molecule is CC1(C)[C]2[CH][CH][CH][C]2C2CC1C2(C)C.CC1(C)[C]2[CH][CH][CH][C]2C2CC1C2(C)C.[Cl][Ti][Cl]. The number of hydrogen-bond donors (Lipinski definition) is 0. The zero-order valence-corrected chi connectivity index (χ0v) is 23.5. The molecule has 0 N–H and O–H groups in total. The summed E-state index contributed by atoms with van der Waals surface area (Å²) >= 11 is -0.556. The molecule has 8 fully saturated rings. The standard InChI is InChI=1S/2C14H19.2ClH.Ti/c2*1-13(2)10-7-5-6-9(10)11-8-12(13)14(11,3)4;;;/h2*5-7,11-12H,8H2,1-4H3;2*1H;/q;;;;+2/p-2. The summed E-state index contributed by atoms with van der Waals surface area (Å²) in [5, 5.41) is 0. The first-order valence-electron chi connectivity index (χ1n) is 11.8. The van der Waals surface area contributed by atoms with Gasteiger partial charge in [-0.05, 0) is 120 Å². The first-order chi connectivity index (χ1) is 14.3. The van der Waals surface area contributed by atoms with E-state index in [4.69, 9.17) is 18.6 Å². The van der Waals surface area contributed by atoms with E-state index in [-0.39, 0.29) is 0 Å². The number of hydrogen-bond acceptors (Lipinski definition) is 0. The molecule has 8 saturated carbocycles. The molecule has 8 rings (SSSR count). The molecule has 0 aromatic heterocycles. The molecule has 0 spiro atoms. The van der Waals surface area contributed by atoms with Gasteiger partial charge in [-0.15, -0.1) is 0 Å². The van der Waals surface area contributed by atoms with Crippen LogP contribution in [0.2, 0.25) is 0 Å². The molecule has 8 aliphatic rings. The molecule has 168 valence electrons. The second-order valence-corrected chi connectivity index (χ2v) is 15.2. The van der Waals surface area contributed by atoms with Crippen molar-refractivity contribution in [1.29, 1.82) is 0 Å². The number of rotatable bonds is 0. The van der Waals surface area contributed by atoms with E-state index in [2.05, 4.69) is 93.9 Å². The van der Waals surface area contributed by atoms with E-state index in [1.165, 1.54) is 12.8 Å². The molecular formula is C28H38Cl2Ti. The third-order valence-electron chi connectivity index (χ3n) is 10.1. The fraction of sp³-hybridized carbons (Fsp3) is 0.643. The van der Waals surface area contributed by atoms with Gasteiger partial charge >= 0.3 is 35.6 Å². The minimum atomic E-state index is -0.556. The van der Waals surface area contributed by atoms with Crippen LogP contribution in [0.1, 0.15) is 68.2 Å². The van der Waals surface area contributed by atoms with Crippen molar-refractivity contribution in [2.75, 3.05) is 0 Å². The predicted octanol–water partition coefficient (Wildman–Crippen LogP) is 8.30. The summed E-state index contributed by atoms with van der Waals surface area (Å²) < 4.78 is 0. The van der Waals surface area contributed by atoms with Crippen molar-refractivity contribution in [3.05, 3.63) is 62.2 Å². The molecule has 0 saturated heterocycles. The summed E-state index contributed by atoms with van der Waals surface area (Å²) in [5.41, 5.74) is 1.86. The quantitative estimate of drug-likeness (QED) is 0.298. The van der Waals surface area contributed by atoms with E-state index in [0.717, 1.165) is 23.7 Å². The van der Waals surface area contributed by atoms with Crippen molar-refractivity contribution >= 4 is 18.6 Å². The third kappa shape index (κ3) is 3.69. The van der Waals surface area contributed by atoms with Crippen LogP contribution < -0.4 is 0 Å². The minimum absolute atomic E-state index is 0.400. The van der Waals surface area contributed by atoms with Crippen LogP contribution in [-0.4, -0.2) is 0 Å². The van der Waals surface area contributed by atoms with E-state index in [1.54, 1.807) is 23.7 Å². The molecule has 0 aliphatic heterocycles.